The Balaban J connectivity index is 1.48. The van der Waals surface area contributed by atoms with Crippen LogP contribution in [0, 0.1) is 5.92 Å². The predicted octanol–water partition coefficient (Wildman–Crippen LogP) is 3.19. The molecule has 1 fully saturated rings. The molecule has 3 atom stereocenters. The van der Waals surface area contributed by atoms with Crippen LogP contribution in [0.25, 0.3) is 0 Å². The molecule has 0 radical (unpaired) electrons. The number of aliphatic hydroxyl groups excluding tert-OH is 1. The third-order valence-electron chi connectivity index (χ3n) is 6.06. The number of aryl methyl sites for hydroxylation is 1. The molecule has 146 valence electrons. The fourth-order valence-electron chi connectivity index (χ4n) is 4.45. The second-order valence-corrected chi connectivity index (χ2v) is 8.28. The van der Waals surface area contributed by atoms with E-state index in [0.717, 1.165) is 51.7 Å². The van der Waals surface area contributed by atoms with Gasteiger partial charge in [-0.05, 0) is 73.5 Å². The van der Waals surface area contributed by atoms with Crippen LogP contribution in [0.4, 0.5) is 0 Å². The fraction of sp³-hybridized carbons (Fsp3) is 0.727. The average Bonchev–Trinajstić information content (AvgIpc) is 3.07. The summed E-state index contributed by atoms with van der Waals surface area (Å²) in [5.41, 5.74) is 10.3. The average molecular weight is 362 g/mol. The maximum absolute atomic E-state index is 9.50. The zero-order valence-corrected chi connectivity index (χ0v) is 16.2. The van der Waals surface area contributed by atoms with Gasteiger partial charge < -0.3 is 20.3 Å². The van der Waals surface area contributed by atoms with Crippen molar-refractivity contribution in [3.63, 3.8) is 0 Å². The first-order valence-corrected chi connectivity index (χ1v) is 10.3. The zero-order chi connectivity index (χ0) is 18.4. The van der Waals surface area contributed by atoms with Crippen LogP contribution in [-0.4, -0.2) is 43.7 Å². The molecule has 1 saturated carbocycles. The van der Waals surface area contributed by atoms with Crippen LogP contribution >= 0.6 is 0 Å². The molecule has 0 amide bonds. The van der Waals surface area contributed by atoms with Crippen LogP contribution < -0.4 is 5.73 Å². The summed E-state index contributed by atoms with van der Waals surface area (Å²) in [6.45, 7) is 5.30. The molecule has 0 bridgehead atoms. The first kappa shape index (κ1) is 19.8. The SMILES string of the molecule is CCCOCCOCC1CCc2cc([C@H]3CC[C@](N)(CO)C3)ccc2C1. The van der Waals surface area contributed by atoms with E-state index in [9.17, 15) is 5.11 Å². The van der Waals surface area contributed by atoms with E-state index in [-0.39, 0.29) is 12.1 Å². The van der Waals surface area contributed by atoms with E-state index in [2.05, 4.69) is 25.1 Å². The lowest BCUT2D eigenvalue weighted by atomic mass is 9.82. The van der Waals surface area contributed by atoms with Crippen molar-refractivity contribution in [2.24, 2.45) is 11.7 Å². The van der Waals surface area contributed by atoms with Gasteiger partial charge in [-0.1, -0.05) is 25.1 Å². The second-order valence-electron chi connectivity index (χ2n) is 8.28. The molecule has 1 aromatic rings. The summed E-state index contributed by atoms with van der Waals surface area (Å²) in [5, 5.41) is 9.50. The summed E-state index contributed by atoms with van der Waals surface area (Å²) >= 11 is 0. The van der Waals surface area contributed by atoms with Crippen molar-refractivity contribution in [1.82, 2.24) is 0 Å². The fourth-order valence-corrected chi connectivity index (χ4v) is 4.45. The molecule has 4 nitrogen and oxygen atoms in total. The molecule has 0 saturated heterocycles. The minimum absolute atomic E-state index is 0.0968. The molecule has 0 aromatic heterocycles. The lowest BCUT2D eigenvalue weighted by Crippen LogP contribution is -2.40. The van der Waals surface area contributed by atoms with Crippen LogP contribution in [0.2, 0.25) is 0 Å². The monoisotopic (exact) mass is 361 g/mol. The summed E-state index contributed by atoms with van der Waals surface area (Å²) in [5.74, 6) is 1.12. The number of hydrogen-bond acceptors (Lipinski definition) is 4. The van der Waals surface area contributed by atoms with Crippen LogP contribution in [0.3, 0.4) is 0 Å². The number of nitrogens with two attached hydrogens (primary N) is 1. The quantitative estimate of drug-likeness (QED) is 0.663. The van der Waals surface area contributed by atoms with Gasteiger partial charge in [-0.2, -0.15) is 0 Å². The van der Waals surface area contributed by atoms with Gasteiger partial charge in [0.25, 0.3) is 0 Å². The van der Waals surface area contributed by atoms with Gasteiger partial charge in [0.1, 0.15) is 0 Å². The molecule has 3 N–H and O–H groups in total. The third-order valence-corrected chi connectivity index (χ3v) is 6.06. The van der Waals surface area contributed by atoms with Gasteiger partial charge in [0, 0.05) is 18.8 Å². The number of fused-ring (bicyclic) bond motifs is 1. The number of benzene rings is 1. The van der Waals surface area contributed by atoms with E-state index >= 15 is 0 Å². The highest BCUT2D eigenvalue weighted by molar-refractivity contribution is 5.36. The lowest BCUT2D eigenvalue weighted by Gasteiger charge is -2.26. The molecule has 1 unspecified atom stereocenters. The maximum Gasteiger partial charge on any atom is 0.0700 e. The number of hydrogen-bond donors (Lipinski definition) is 2. The highest BCUT2D eigenvalue weighted by Crippen LogP contribution is 2.40. The van der Waals surface area contributed by atoms with Gasteiger partial charge in [0.05, 0.1) is 19.8 Å². The number of aliphatic hydroxyl groups is 1. The molecule has 3 rings (SSSR count). The van der Waals surface area contributed by atoms with Crippen LogP contribution in [-0.2, 0) is 22.3 Å². The third kappa shape index (κ3) is 5.07. The first-order valence-electron chi connectivity index (χ1n) is 10.3. The van der Waals surface area contributed by atoms with Gasteiger partial charge in [-0.3, -0.25) is 0 Å². The van der Waals surface area contributed by atoms with Crippen molar-refractivity contribution in [2.75, 3.05) is 33.0 Å². The normalized spacial score (nSPS) is 28.3. The molecular weight excluding hydrogens is 326 g/mol. The van der Waals surface area contributed by atoms with Crippen molar-refractivity contribution < 1.29 is 14.6 Å². The van der Waals surface area contributed by atoms with Gasteiger partial charge in [0.2, 0.25) is 0 Å². The predicted molar refractivity (Wildman–Crippen MR) is 104 cm³/mol. The number of ether oxygens (including phenoxy) is 2. The summed E-state index contributed by atoms with van der Waals surface area (Å²) < 4.78 is 11.3. The van der Waals surface area contributed by atoms with E-state index in [1.165, 1.54) is 23.1 Å². The molecule has 4 heteroatoms. The Hall–Kier alpha value is -0.940. The zero-order valence-electron chi connectivity index (χ0n) is 16.2. The summed E-state index contributed by atoms with van der Waals surface area (Å²) in [7, 11) is 0. The summed E-state index contributed by atoms with van der Waals surface area (Å²) in [6.07, 6.45) is 7.44. The molecule has 0 spiro atoms. The molecular formula is C22H35NO3. The molecule has 0 aliphatic heterocycles. The minimum Gasteiger partial charge on any atom is -0.394 e. The van der Waals surface area contributed by atoms with Crippen molar-refractivity contribution in [1.29, 1.82) is 0 Å². The standard InChI is InChI=1S/C22H35NO3/c1-2-9-25-10-11-26-15-17-3-4-19-13-20(6-5-18(19)12-17)21-7-8-22(23,14-21)16-24/h5-6,13,17,21,24H,2-4,7-12,14-16,23H2,1H3/t17?,21-,22+/m0/s1. The Morgan fingerprint density at radius 2 is 2.00 bits per heavy atom. The van der Waals surface area contributed by atoms with Gasteiger partial charge >= 0.3 is 0 Å². The van der Waals surface area contributed by atoms with Crippen LogP contribution in [0.5, 0.6) is 0 Å². The first-order chi connectivity index (χ1) is 12.6. The van der Waals surface area contributed by atoms with E-state index in [1.807, 2.05) is 0 Å². The smallest absolute Gasteiger partial charge is 0.0700 e. The van der Waals surface area contributed by atoms with E-state index in [0.29, 0.717) is 25.0 Å². The minimum atomic E-state index is -0.371. The molecule has 1 aromatic carbocycles. The van der Waals surface area contributed by atoms with E-state index < -0.39 is 0 Å². The lowest BCUT2D eigenvalue weighted by molar-refractivity contribution is 0.0316. The summed E-state index contributed by atoms with van der Waals surface area (Å²) in [4.78, 5) is 0. The second kappa shape index (κ2) is 9.32. The summed E-state index contributed by atoms with van der Waals surface area (Å²) in [6, 6.07) is 7.00. The Kier molecular flexibility index (Phi) is 7.10. The topological polar surface area (TPSA) is 64.7 Å². The van der Waals surface area contributed by atoms with Crippen LogP contribution in [0.1, 0.15) is 61.6 Å². The van der Waals surface area contributed by atoms with Crippen LogP contribution in [0.15, 0.2) is 18.2 Å². The largest absolute Gasteiger partial charge is 0.394 e. The molecule has 2 aliphatic carbocycles. The highest BCUT2D eigenvalue weighted by atomic mass is 16.5. The highest BCUT2D eigenvalue weighted by Gasteiger charge is 2.36. The van der Waals surface area contributed by atoms with Gasteiger partial charge in [-0.15, -0.1) is 0 Å². The Labute approximate surface area is 158 Å². The van der Waals surface area contributed by atoms with Crippen molar-refractivity contribution >= 4 is 0 Å². The van der Waals surface area contributed by atoms with Crippen molar-refractivity contribution in [3.8, 4) is 0 Å². The van der Waals surface area contributed by atoms with E-state index in [4.69, 9.17) is 15.2 Å². The Bertz CT molecular complexity index is 577. The number of rotatable bonds is 9. The van der Waals surface area contributed by atoms with E-state index in [1.54, 1.807) is 0 Å². The Morgan fingerprint density at radius 3 is 2.77 bits per heavy atom. The molecule has 2 aliphatic rings. The Morgan fingerprint density at radius 1 is 1.15 bits per heavy atom. The van der Waals surface area contributed by atoms with Crippen molar-refractivity contribution in [3.05, 3.63) is 34.9 Å². The van der Waals surface area contributed by atoms with Gasteiger partial charge in [0.15, 0.2) is 0 Å². The molecule has 26 heavy (non-hydrogen) atoms. The maximum atomic E-state index is 9.50. The van der Waals surface area contributed by atoms with Gasteiger partial charge in [-0.25, -0.2) is 0 Å². The molecule has 0 heterocycles. The van der Waals surface area contributed by atoms with Crippen molar-refractivity contribution in [2.45, 2.75) is 63.3 Å².